The lowest BCUT2D eigenvalue weighted by Crippen LogP contribution is -2.46. The molecule has 284 valence electrons. The summed E-state index contributed by atoms with van der Waals surface area (Å²) in [6, 6.07) is 0. The fraction of sp³-hybridized carbons (Fsp3) is 0.907. The average Bonchev–Trinajstić information content (AvgIpc) is 3.27. The van der Waals surface area contributed by atoms with E-state index in [1.54, 1.807) is 7.11 Å². The standard InChI is InChI=1S/C43H72N2O5/c1-5-6-9-28-20-30(21-29-18-19-45-41(44)24-29)22-32-14-16-35(34-11-8-7-10-31(34)13-12-27(2)3)36-26-39(47)40(50-4)25-33(36)15-17-38(46)43(49)42(48)37(32)23-28/h27-37,39-41,43,45,47,49H,5-13,15,17-26,44H2,1-4H3/t28-,29?,30-,31?,32-,33?,34?,35+,36?,37-,39?,40?,41?,43-/m0/s1. The third kappa shape index (κ3) is 10.4. The van der Waals surface area contributed by atoms with Crippen LogP contribution < -0.4 is 11.1 Å². The van der Waals surface area contributed by atoms with Gasteiger partial charge in [-0.2, -0.15) is 0 Å². The van der Waals surface area contributed by atoms with E-state index in [0.29, 0.717) is 54.8 Å². The zero-order valence-corrected chi connectivity index (χ0v) is 32.0. The molecule has 0 bridgehead atoms. The first-order valence-corrected chi connectivity index (χ1v) is 21.0. The molecule has 7 nitrogen and oxygen atoms in total. The van der Waals surface area contributed by atoms with E-state index in [2.05, 4.69) is 37.9 Å². The molecule has 0 aromatic rings. The van der Waals surface area contributed by atoms with Gasteiger partial charge in [-0.15, -0.1) is 0 Å². The third-order valence-electron chi connectivity index (χ3n) is 14.0. The van der Waals surface area contributed by atoms with Crippen LogP contribution in [0.5, 0.6) is 0 Å². The van der Waals surface area contributed by atoms with Crippen LogP contribution in [0.3, 0.4) is 0 Å². The summed E-state index contributed by atoms with van der Waals surface area (Å²) in [6.07, 6.45) is 16.3. The summed E-state index contributed by atoms with van der Waals surface area (Å²) in [7, 11) is 1.67. The van der Waals surface area contributed by atoms with Gasteiger partial charge in [-0.3, -0.25) is 9.59 Å². The summed E-state index contributed by atoms with van der Waals surface area (Å²) in [4.78, 5) is 28.0. The molecule has 0 radical (unpaired) electrons. The maximum absolute atomic E-state index is 14.3. The van der Waals surface area contributed by atoms with Crippen LogP contribution in [0, 0.1) is 76.9 Å². The number of unbranched alkanes of at least 4 members (excludes halogenated alkanes) is 1. The largest absolute Gasteiger partial charge is 0.390 e. The highest BCUT2D eigenvalue weighted by atomic mass is 16.5. The van der Waals surface area contributed by atoms with Crippen molar-refractivity contribution in [2.24, 2.45) is 70.8 Å². The van der Waals surface area contributed by atoms with Gasteiger partial charge in [0.15, 0.2) is 17.7 Å². The number of nitrogens with one attached hydrogen (secondary N) is 1. The van der Waals surface area contributed by atoms with E-state index in [0.717, 1.165) is 70.8 Å². The number of fused-ring (bicyclic) bond motifs is 2. The number of nitrogens with two attached hydrogens (primary N) is 1. The summed E-state index contributed by atoms with van der Waals surface area (Å²) in [5.74, 6) is 10.2. The molecule has 1 aliphatic heterocycles. The van der Waals surface area contributed by atoms with Crippen LogP contribution in [0.25, 0.3) is 0 Å². The van der Waals surface area contributed by atoms with Gasteiger partial charge in [0.05, 0.1) is 18.4 Å². The number of piperidine rings is 1. The summed E-state index contributed by atoms with van der Waals surface area (Å²) in [5, 5.41) is 26.2. The second kappa shape index (κ2) is 19.2. The average molecular weight is 697 g/mol. The van der Waals surface area contributed by atoms with Crippen LogP contribution in [-0.2, 0) is 14.3 Å². The molecule has 8 unspecified atom stereocenters. The van der Waals surface area contributed by atoms with E-state index >= 15 is 0 Å². The Balaban J connectivity index is 1.56. The molecule has 0 aromatic heterocycles. The van der Waals surface area contributed by atoms with Crippen LogP contribution in [-0.4, -0.2) is 59.9 Å². The van der Waals surface area contributed by atoms with Crippen molar-refractivity contribution in [3.05, 3.63) is 0 Å². The minimum atomic E-state index is -1.57. The lowest BCUT2D eigenvalue weighted by molar-refractivity contribution is -0.142. The smallest absolute Gasteiger partial charge is 0.173 e. The van der Waals surface area contributed by atoms with Gasteiger partial charge >= 0.3 is 0 Å². The van der Waals surface area contributed by atoms with Crippen molar-refractivity contribution in [3.8, 4) is 11.8 Å². The molecule has 1 heterocycles. The van der Waals surface area contributed by atoms with Crippen LogP contribution in [0.15, 0.2) is 0 Å². The van der Waals surface area contributed by atoms with Crippen LogP contribution >= 0.6 is 0 Å². The molecule has 1 saturated heterocycles. The lowest BCUT2D eigenvalue weighted by atomic mass is 9.60. The highest BCUT2D eigenvalue weighted by Crippen LogP contribution is 2.49. The normalized spacial score (nSPS) is 41.9. The molecule has 4 fully saturated rings. The number of carbonyl (C=O) groups is 2. The van der Waals surface area contributed by atoms with Crippen molar-refractivity contribution in [1.82, 2.24) is 5.32 Å². The molecule has 5 aliphatic rings. The Morgan fingerprint density at radius 2 is 1.70 bits per heavy atom. The first-order chi connectivity index (χ1) is 24.1. The van der Waals surface area contributed by atoms with Gasteiger partial charge in [-0.05, 0) is 125 Å². The molecule has 5 N–H and O–H groups in total. The highest BCUT2D eigenvalue weighted by Gasteiger charge is 2.46. The minimum absolute atomic E-state index is 0.0448. The van der Waals surface area contributed by atoms with Gasteiger partial charge in [-0.25, -0.2) is 0 Å². The van der Waals surface area contributed by atoms with E-state index in [1.165, 1.54) is 32.1 Å². The maximum Gasteiger partial charge on any atom is 0.173 e. The van der Waals surface area contributed by atoms with Gasteiger partial charge in [0, 0.05) is 31.3 Å². The number of hydrogen-bond donors (Lipinski definition) is 4. The molecule has 0 aromatic carbocycles. The minimum Gasteiger partial charge on any atom is -0.390 e. The molecule has 50 heavy (non-hydrogen) atoms. The number of hydrogen-bond acceptors (Lipinski definition) is 7. The Bertz CT molecular complexity index is 1150. The molecule has 0 amide bonds. The molecule has 0 spiro atoms. The molecule has 7 heteroatoms. The van der Waals surface area contributed by atoms with Gasteiger partial charge in [-0.1, -0.05) is 77.6 Å². The number of aliphatic hydroxyl groups excluding tert-OH is 2. The Hall–Kier alpha value is -1.30. The summed E-state index contributed by atoms with van der Waals surface area (Å²) in [6.45, 7) is 7.83. The fourth-order valence-electron chi connectivity index (χ4n) is 11.3. The quantitative estimate of drug-likeness (QED) is 0.143. The Kier molecular flexibility index (Phi) is 15.3. The number of ether oxygens (including phenoxy) is 1. The van der Waals surface area contributed by atoms with E-state index in [-0.39, 0.29) is 53.9 Å². The molecular formula is C43H72N2O5. The number of aliphatic hydroxyl groups is 2. The fourth-order valence-corrected chi connectivity index (χ4v) is 11.3. The summed E-state index contributed by atoms with van der Waals surface area (Å²) < 4.78 is 5.77. The Morgan fingerprint density at radius 3 is 2.44 bits per heavy atom. The topological polar surface area (TPSA) is 122 Å². The van der Waals surface area contributed by atoms with Crippen molar-refractivity contribution in [2.75, 3.05) is 13.7 Å². The van der Waals surface area contributed by atoms with E-state index in [4.69, 9.17) is 10.5 Å². The lowest BCUT2D eigenvalue weighted by Gasteiger charge is -2.46. The number of ketones is 2. The van der Waals surface area contributed by atoms with E-state index in [9.17, 15) is 19.8 Å². The second-order valence-corrected chi connectivity index (χ2v) is 18.0. The van der Waals surface area contributed by atoms with Crippen LogP contribution in [0.4, 0.5) is 0 Å². The molecule has 5 rings (SSSR count). The van der Waals surface area contributed by atoms with Crippen molar-refractivity contribution in [1.29, 1.82) is 0 Å². The Morgan fingerprint density at radius 1 is 0.900 bits per heavy atom. The molecule has 14 atom stereocenters. The molecule has 3 saturated carbocycles. The highest BCUT2D eigenvalue weighted by molar-refractivity contribution is 6.06. The number of carbonyl (C=O) groups excluding carboxylic acids is 2. The van der Waals surface area contributed by atoms with Gasteiger partial charge in [0.25, 0.3) is 0 Å². The monoisotopic (exact) mass is 697 g/mol. The summed E-state index contributed by atoms with van der Waals surface area (Å²) >= 11 is 0. The number of methoxy groups -OCH3 is 1. The predicted molar refractivity (Wildman–Crippen MR) is 200 cm³/mol. The van der Waals surface area contributed by atoms with Gasteiger partial charge in [0.1, 0.15) is 0 Å². The summed E-state index contributed by atoms with van der Waals surface area (Å²) in [5.41, 5.74) is 6.36. The van der Waals surface area contributed by atoms with Gasteiger partial charge in [0.2, 0.25) is 0 Å². The third-order valence-corrected chi connectivity index (χ3v) is 14.0. The van der Waals surface area contributed by atoms with Crippen molar-refractivity contribution < 1.29 is 24.5 Å². The SMILES string of the molecule is CCCC[C@H]1C[C@@H](CC2CCNC(N)C2)C[C@@H]2C#C[C@H](C3CCCCC3CCC(C)C)C3CC(O)C(OC)CC3CCC(=O)[C@H](O)C(=O)[C@H]2C1. The van der Waals surface area contributed by atoms with Crippen molar-refractivity contribution in [2.45, 2.75) is 167 Å². The number of Topliss-reactive ketones (excluding diaryl/α,β-unsaturated/α-hetero) is 2. The second-order valence-electron chi connectivity index (χ2n) is 18.0. The zero-order chi connectivity index (χ0) is 35.8. The van der Waals surface area contributed by atoms with E-state index < -0.39 is 18.1 Å². The molecular weight excluding hydrogens is 624 g/mol. The predicted octanol–water partition coefficient (Wildman–Crippen LogP) is 7.06. The van der Waals surface area contributed by atoms with Crippen LogP contribution in [0.1, 0.15) is 143 Å². The number of rotatable bonds is 10. The maximum atomic E-state index is 14.3. The zero-order valence-electron chi connectivity index (χ0n) is 32.0. The first-order valence-electron chi connectivity index (χ1n) is 21.0. The Labute approximate surface area is 304 Å². The van der Waals surface area contributed by atoms with Gasteiger partial charge < -0.3 is 26.0 Å². The van der Waals surface area contributed by atoms with Crippen molar-refractivity contribution >= 4 is 11.6 Å². The molecule has 4 aliphatic carbocycles. The van der Waals surface area contributed by atoms with E-state index in [1.807, 2.05) is 0 Å². The van der Waals surface area contributed by atoms with Crippen LogP contribution in [0.2, 0.25) is 0 Å². The van der Waals surface area contributed by atoms with Crippen molar-refractivity contribution in [3.63, 3.8) is 0 Å². The first kappa shape index (κ1) is 39.9.